The molecule has 0 aromatic carbocycles. The van der Waals surface area contributed by atoms with Crippen molar-refractivity contribution >= 4 is 5.82 Å². The van der Waals surface area contributed by atoms with Crippen LogP contribution in [0.5, 0.6) is 0 Å². The van der Waals surface area contributed by atoms with Crippen LogP contribution in [0.15, 0.2) is 24.4 Å². The summed E-state index contributed by atoms with van der Waals surface area (Å²) in [5.41, 5.74) is 0.357. The number of piperazine rings is 1. The molecular weight excluding hydrogens is 234 g/mol. The summed E-state index contributed by atoms with van der Waals surface area (Å²) in [5, 5.41) is 0. The number of rotatable bonds is 2. The van der Waals surface area contributed by atoms with Gasteiger partial charge in [-0.15, -0.1) is 0 Å². The molecule has 1 aromatic heterocycles. The highest BCUT2D eigenvalue weighted by molar-refractivity contribution is 5.39. The highest BCUT2D eigenvalue weighted by Gasteiger charge is 2.32. The number of hydrogen-bond donors (Lipinski definition) is 0. The van der Waals surface area contributed by atoms with Crippen LogP contribution in [0, 0.1) is 5.41 Å². The average molecular weight is 261 g/mol. The van der Waals surface area contributed by atoms with Gasteiger partial charge in [-0.3, -0.25) is 4.90 Å². The Kier molecular flexibility index (Phi) is 4.14. The zero-order chi connectivity index (χ0) is 14.0. The van der Waals surface area contributed by atoms with E-state index in [0.717, 1.165) is 25.5 Å². The molecule has 1 fully saturated rings. The average Bonchev–Trinajstić information content (AvgIpc) is 2.33. The number of nitrogens with zero attached hydrogens (tertiary/aromatic N) is 3. The lowest BCUT2D eigenvalue weighted by molar-refractivity contribution is 0.0881. The molecule has 0 bridgehead atoms. The molecule has 2 heterocycles. The van der Waals surface area contributed by atoms with E-state index in [9.17, 15) is 0 Å². The van der Waals surface area contributed by atoms with Crippen molar-refractivity contribution in [1.82, 2.24) is 9.88 Å². The minimum Gasteiger partial charge on any atom is -0.354 e. The minimum atomic E-state index is 0.357. The van der Waals surface area contributed by atoms with E-state index >= 15 is 0 Å². The molecule has 0 amide bonds. The maximum Gasteiger partial charge on any atom is 0.128 e. The Morgan fingerprint density at radius 3 is 2.26 bits per heavy atom. The molecular formula is C16H27N3. The van der Waals surface area contributed by atoms with Gasteiger partial charge in [0.25, 0.3) is 0 Å². The molecule has 0 N–H and O–H groups in total. The molecule has 2 atom stereocenters. The third-order valence-electron chi connectivity index (χ3n) is 3.73. The fourth-order valence-corrected chi connectivity index (χ4v) is 2.94. The topological polar surface area (TPSA) is 19.4 Å². The zero-order valence-corrected chi connectivity index (χ0v) is 12.9. The van der Waals surface area contributed by atoms with Crippen molar-refractivity contribution in [2.45, 2.75) is 46.7 Å². The van der Waals surface area contributed by atoms with Crippen molar-refractivity contribution in [1.29, 1.82) is 0 Å². The van der Waals surface area contributed by atoms with Gasteiger partial charge in [0.05, 0.1) is 0 Å². The Hall–Kier alpha value is -1.09. The van der Waals surface area contributed by atoms with Gasteiger partial charge >= 0.3 is 0 Å². The summed E-state index contributed by atoms with van der Waals surface area (Å²) < 4.78 is 0. The van der Waals surface area contributed by atoms with Gasteiger partial charge in [-0.2, -0.15) is 0 Å². The van der Waals surface area contributed by atoms with Gasteiger partial charge in [0.1, 0.15) is 5.82 Å². The summed E-state index contributed by atoms with van der Waals surface area (Å²) in [6.07, 6.45) is 1.88. The molecule has 2 rings (SSSR count). The Morgan fingerprint density at radius 1 is 1.16 bits per heavy atom. The largest absolute Gasteiger partial charge is 0.354 e. The van der Waals surface area contributed by atoms with Crippen LogP contribution in [0.3, 0.4) is 0 Å². The predicted molar refractivity (Wildman–Crippen MR) is 81.5 cm³/mol. The van der Waals surface area contributed by atoms with Crippen LogP contribution < -0.4 is 4.90 Å². The zero-order valence-electron chi connectivity index (χ0n) is 12.9. The van der Waals surface area contributed by atoms with E-state index in [1.165, 1.54) is 0 Å². The standard InChI is InChI=1S/C16H27N3/c1-13-10-18(15-8-6-7-9-17-15)11-14(2)19(13)12-16(3,4)5/h6-9,13-14H,10-12H2,1-5H3/t13-,14+. The smallest absolute Gasteiger partial charge is 0.128 e. The fraction of sp³-hybridized carbons (Fsp3) is 0.688. The highest BCUT2D eigenvalue weighted by atomic mass is 15.3. The molecule has 0 aliphatic carbocycles. The lowest BCUT2D eigenvalue weighted by Crippen LogP contribution is -2.58. The normalized spacial score (nSPS) is 25.6. The van der Waals surface area contributed by atoms with Crippen LogP contribution >= 0.6 is 0 Å². The summed E-state index contributed by atoms with van der Waals surface area (Å²) >= 11 is 0. The summed E-state index contributed by atoms with van der Waals surface area (Å²) in [6, 6.07) is 7.31. The van der Waals surface area contributed by atoms with E-state index in [2.05, 4.69) is 61.5 Å². The van der Waals surface area contributed by atoms with Crippen molar-refractivity contribution in [3.63, 3.8) is 0 Å². The molecule has 0 saturated carbocycles. The molecule has 3 nitrogen and oxygen atoms in total. The van der Waals surface area contributed by atoms with Gasteiger partial charge in [-0.05, 0) is 31.4 Å². The van der Waals surface area contributed by atoms with Gasteiger partial charge in [-0.25, -0.2) is 4.98 Å². The van der Waals surface area contributed by atoms with Gasteiger partial charge in [0.2, 0.25) is 0 Å². The molecule has 19 heavy (non-hydrogen) atoms. The van der Waals surface area contributed by atoms with E-state index in [0.29, 0.717) is 17.5 Å². The Labute approximate surface area is 117 Å². The SMILES string of the molecule is C[C@@H]1CN(c2ccccn2)C[C@H](C)N1CC(C)(C)C. The van der Waals surface area contributed by atoms with Crippen LogP contribution in [0.25, 0.3) is 0 Å². The molecule has 0 unspecified atom stereocenters. The summed E-state index contributed by atoms with van der Waals surface area (Å²) in [4.78, 5) is 9.53. The number of aromatic nitrogens is 1. The Balaban J connectivity index is 2.06. The van der Waals surface area contributed by atoms with E-state index < -0.39 is 0 Å². The van der Waals surface area contributed by atoms with E-state index in [1.807, 2.05) is 12.3 Å². The quantitative estimate of drug-likeness (QED) is 0.816. The number of hydrogen-bond acceptors (Lipinski definition) is 3. The van der Waals surface area contributed by atoms with E-state index in [-0.39, 0.29) is 0 Å². The molecule has 1 aromatic rings. The van der Waals surface area contributed by atoms with Crippen molar-refractivity contribution in [2.75, 3.05) is 24.5 Å². The van der Waals surface area contributed by atoms with Crippen molar-refractivity contribution < 1.29 is 0 Å². The van der Waals surface area contributed by atoms with Crippen molar-refractivity contribution in [3.05, 3.63) is 24.4 Å². The second kappa shape index (κ2) is 5.49. The van der Waals surface area contributed by atoms with Crippen LogP contribution in [0.1, 0.15) is 34.6 Å². The van der Waals surface area contributed by atoms with Crippen molar-refractivity contribution in [2.24, 2.45) is 5.41 Å². The van der Waals surface area contributed by atoms with Crippen LogP contribution in [-0.2, 0) is 0 Å². The monoisotopic (exact) mass is 261 g/mol. The van der Waals surface area contributed by atoms with Gasteiger partial charge in [-0.1, -0.05) is 26.8 Å². The first-order chi connectivity index (χ1) is 8.87. The Bertz CT molecular complexity index is 384. The lowest BCUT2D eigenvalue weighted by Gasteiger charge is -2.47. The molecule has 1 aliphatic rings. The second-order valence-corrected chi connectivity index (χ2v) is 7.02. The number of anilines is 1. The fourth-order valence-electron chi connectivity index (χ4n) is 2.94. The van der Waals surface area contributed by atoms with Crippen molar-refractivity contribution in [3.8, 4) is 0 Å². The third-order valence-corrected chi connectivity index (χ3v) is 3.73. The molecule has 1 aliphatic heterocycles. The number of pyridine rings is 1. The summed E-state index contributed by atoms with van der Waals surface area (Å²) in [5.74, 6) is 1.11. The van der Waals surface area contributed by atoms with Gasteiger partial charge in [0.15, 0.2) is 0 Å². The predicted octanol–water partition coefficient (Wildman–Crippen LogP) is 3.03. The first kappa shape index (κ1) is 14.3. The van der Waals surface area contributed by atoms with E-state index in [1.54, 1.807) is 0 Å². The van der Waals surface area contributed by atoms with Crippen LogP contribution in [0.4, 0.5) is 5.82 Å². The first-order valence-electron chi connectivity index (χ1n) is 7.28. The molecule has 0 spiro atoms. The molecule has 3 heteroatoms. The third kappa shape index (κ3) is 3.69. The maximum atomic E-state index is 4.48. The lowest BCUT2D eigenvalue weighted by atomic mass is 9.93. The summed E-state index contributed by atoms with van der Waals surface area (Å²) in [6.45, 7) is 14.9. The minimum absolute atomic E-state index is 0.357. The van der Waals surface area contributed by atoms with Crippen LogP contribution in [0.2, 0.25) is 0 Å². The Morgan fingerprint density at radius 2 is 1.79 bits per heavy atom. The maximum absolute atomic E-state index is 4.48. The summed E-state index contributed by atoms with van der Waals surface area (Å²) in [7, 11) is 0. The molecule has 1 saturated heterocycles. The van der Waals surface area contributed by atoms with E-state index in [4.69, 9.17) is 0 Å². The molecule has 106 valence electrons. The van der Waals surface area contributed by atoms with Gasteiger partial charge in [0, 0.05) is 37.9 Å². The first-order valence-corrected chi connectivity index (χ1v) is 7.28. The molecule has 0 radical (unpaired) electrons. The second-order valence-electron chi connectivity index (χ2n) is 7.02. The van der Waals surface area contributed by atoms with Gasteiger partial charge < -0.3 is 4.90 Å². The van der Waals surface area contributed by atoms with Crippen LogP contribution in [-0.4, -0.2) is 41.6 Å². The highest BCUT2D eigenvalue weighted by Crippen LogP contribution is 2.25.